The molecule has 4 rings (SSSR count). The molecule has 0 spiro atoms. The molecule has 0 radical (unpaired) electrons. The van der Waals surface area contributed by atoms with E-state index in [-0.39, 0.29) is 11.9 Å². The number of nitrogens with one attached hydrogen (secondary N) is 1. The van der Waals surface area contributed by atoms with Gasteiger partial charge in [-0.2, -0.15) is 4.98 Å². The molecule has 2 N–H and O–H groups in total. The minimum Gasteiger partial charge on any atom is -0.389 e. The number of pyridine rings is 1. The van der Waals surface area contributed by atoms with Gasteiger partial charge in [-0.1, -0.05) is 11.2 Å². The van der Waals surface area contributed by atoms with Crippen LogP contribution in [-0.2, 0) is 0 Å². The molecule has 3 aromatic rings. The third-order valence-corrected chi connectivity index (χ3v) is 4.52. The number of anilines is 1. The largest absolute Gasteiger partial charge is 0.389 e. The number of nitrogens with zero attached hydrogens (tertiary/aromatic N) is 5. The van der Waals surface area contributed by atoms with Crippen LogP contribution in [-0.4, -0.2) is 56.4 Å². The second-order valence-corrected chi connectivity index (χ2v) is 6.24. The Morgan fingerprint density at radius 2 is 2.23 bits per heavy atom. The minimum atomic E-state index is -0.735. The van der Waals surface area contributed by atoms with Crippen LogP contribution in [0.4, 0.5) is 5.82 Å². The quantitative estimate of drug-likeness (QED) is 0.705. The van der Waals surface area contributed by atoms with Crippen LogP contribution in [0.5, 0.6) is 0 Å². The van der Waals surface area contributed by atoms with Gasteiger partial charge >= 0.3 is 0 Å². The van der Waals surface area contributed by atoms with Gasteiger partial charge in [0.2, 0.25) is 0 Å². The Labute approximate surface area is 149 Å². The van der Waals surface area contributed by atoms with Crippen molar-refractivity contribution in [2.45, 2.75) is 25.5 Å². The summed E-state index contributed by atoms with van der Waals surface area (Å²) in [6.45, 7) is 2.79. The Balaban J connectivity index is 1.48. The highest BCUT2D eigenvalue weighted by Gasteiger charge is 2.31. The third-order valence-electron chi connectivity index (χ3n) is 4.52. The molecule has 26 heavy (non-hydrogen) atoms. The second kappa shape index (κ2) is 6.68. The molecule has 0 aromatic carbocycles. The molecule has 0 aliphatic carbocycles. The molecule has 2 atom stereocenters. The fourth-order valence-corrected chi connectivity index (χ4v) is 3.18. The maximum absolute atomic E-state index is 12.3. The molecule has 1 aliphatic heterocycles. The zero-order valence-corrected chi connectivity index (χ0v) is 14.2. The van der Waals surface area contributed by atoms with E-state index in [1.165, 1.54) is 6.33 Å². The molecule has 0 unspecified atom stereocenters. The van der Waals surface area contributed by atoms with E-state index in [2.05, 4.69) is 25.4 Å². The molecule has 134 valence electrons. The smallest absolute Gasteiger partial charge is 0.270 e. The van der Waals surface area contributed by atoms with E-state index in [9.17, 15) is 9.90 Å². The van der Waals surface area contributed by atoms with Crippen LogP contribution in [0.1, 0.15) is 22.6 Å². The van der Waals surface area contributed by atoms with Gasteiger partial charge < -0.3 is 19.8 Å². The normalized spacial score (nSPS) is 20.3. The third kappa shape index (κ3) is 2.97. The zero-order valence-electron chi connectivity index (χ0n) is 14.2. The van der Waals surface area contributed by atoms with E-state index in [0.29, 0.717) is 42.4 Å². The summed E-state index contributed by atoms with van der Waals surface area (Å²) in [5, 5.41) is 18.1. The van der Waals surface area contributed by atoms with Crippen molar-refractivity contribution in [3.63, 3.8) is 0 Å². The first-order chi connectivity index (χ1) is 12.6. The van der Waals surface area contributed by atoms with E-state index in [1.807, 2.05) is 11.8 Å². The number of aliphatic hydroxyl groups is 1. The van der Waals surface area contributed by atoms with Crippen LogP contribution in [0.3, 0.4) is 0 Å². The van der Waals surface area contributed by atoms with Crippen molar-refractivity contribution < 1.29 is 14.4 Å². The summed E-state index contributed by atoms with van der Waals surface area (Å²) in [7, 11) is 0. The number of fused-ring (bicyclic) bond motifs is 1. The van der Waals surface area contributed by atoms with Gasteiger partial charge in [0.25, 0.3) is 11.6 Å². The lowest BCUT2D eigenvalue weighted by Gasteiger charge is -2.36. The van der Waals surface area contributed by atoms with Crippen molar-refractivity contribution in [2.75, 3.05) is 18.0 Å². The van der Waals surface area contributed by atoms with Gasteiger partial charge in [-0.05, 0) is 25.5 Å². The van der Waals surface area contributed by atoms with Gasteiger partial charge in [0.15, 0.2) is 0 Å². The van der Waals surface area contributed by atoms with Crippen LogP contribution in [0.25, 0.3) is 11.1 Å². The van der Waals surface area contributed by atoms with Crippen molar-refractivity contribution in [2.24, 2.45) is 0 Å². The Morgan fingerprint density at radius 3 is 3.00 bits per heavy atom. The number of carbonyl (C=O) groups excluding carboxylic acids is 1. The topological polar surface area (TPSA) is 117 Å². The van der Waals surface area contributed by atoms with Gasteiger partial charge in [0.1, 0.15) is 23.2 Å². The van der Waals surface area contributed by atoms with Crippen LogP contribution in [0.15, 0.2) is 35.2 Å². The molecular formula is C17H18N6O3. The van der Waals surface area contributed by atoms with Crippen LogP contribution >= 0.6 is 0 Å². The number of carbonyl (C=O) groups is 1. The highest BCUT2D eigenvalue weighted by Crippen LogP contribution is 2.28. The fourth-order valence-electron chi connectivity index (χ4n) is 3.18. The molecule has 1 fully saturated rings. The number of aryl methyl sites for hydroxylation is 1. The van der Waals surface area contributed by atoms with Crippen LogP contribution in [0.2, 0.25) is 0 Å². The lowest BCUT2D eigenvalue weighted by Crippen LogP contribution is -2.54. The van der Waals surface area contributed by atoms with Gasteiger partial charge in [-0.25, -0.2) is 4.98 Å². The maximum atomic E-state index is 12.3. The Morgan fingerprint density at radius 1 is 1.35 bits per heavy atom. The summed E-state index contributed by atoms with van der Waals surface area (Å²) in [5.41, 5.74) is 1.46. The summed E-state index contributed by atoms with van der Waals surface area (Å²) in [4.78, 5) is 26.7. The summed E-state index contributed by atoms with van der Waals surface area (Å²) in [6.07, 6.45) is 2.83. The van der Waals surface area contributed by atoms with Crippen molar-refractivity contribution in [1.82, 2.24) is 25.4 Å². The van der Waals surface area contributed by atoms with E-state index in [1.54, 1.807) is 24.4 Å². The Kier molecular flexibility index (Phi) is 4.21. The number of amides is 1. The Bertz CT molecular complexity index is 929. The van der Waals surface area contributed by atoms with E-state index in [0.717, 1.165) is 5.39 Å². The minimum absolute atomic E-state index is 0.289. The summed E-state index contributed by atoms with van der Waals surface area (Å²) >= 11 is 0. The summed E-state index contributed by atoms with van der Waals surface area (Å²) in [5.74, 6) is 0.393. The van der Waals surface area contributed by atoms with Crippen molar-refractivity contribution >= 4 is 22.8 Å². The van der Waals surface area contributed by atoms with E-state index in [4.69, 9.17) is 4.52 Å². The molecular weight excluding hydrogens is 336 g/mol. The number of hydrogen-bond acceptors (Lipinski definition) is 8. The van der Waals surface area contributed by atoms with Crippen molar-refractivity contribution in [3.05, 3.63) is 42.1 Å². The molecule has 1 amide bonds. The molecule has 0 bridgehead atoms. The first kappa shape index (κ1) is 16.4. The van der Waals surface area contributed by atoms with Crippen LogP contribution in [0, 0.1) is 6.92 Å². The lowest BCUT2D eigenvalue weighted by molar-refractivity contribution is 0.0793. The predicted molar refractivity (Wildman–Crippen MR) is 92.7 cm³/mol. The molecule has 4 heterocycles. The first-order valence-corrected chi connectivity index (χ1v) is 8.35. The molecule has 9 nitrogen and oxygen atoms in total. The number of aromatic nitrogens is 4. The number of β-amino-alcohol motifs (C(OH)–C–C–N with tert-alkyl or cyclic N) is 1. The fraction of sp³-hybridized carbons (Fsp3) is 0.353. The predicted octanol–water partition coefficient (Wildman–Crippen LogP) is 0.691. The SMILES string of the molecule is Cc1noc2ncnc(N3CC[C@@H](NC(=O)c4ccccn4)[C@H](O)C3)c12. The first-order valence-electron chi connectivity index (χ1n) is 8.35. The molecule has 1 saturated heterocycles. The number of aliphatic hydroxyl groups excluding tert-OH is 1. The van der Waals surface area contributed by atoms with Crippen LogP contribution < -0.4 is 10.2 Å². The number of hydrogen-bond donors (Lipinski definition) is 2. The molecule has 9 heteroatoms. The van der Waals surface area contributed by atoms with Gasteiger partial charge in [-0.15, -0.1) is 0 Å². The number of rotatable bonds is 3. The Hall–Kier alpha value is -3.07. The van der Waals surface area contributed by atoms with Crippen molar-refractivity contribution in [3.8, 4) is 0 Å². The maximum Gasteiger partial charge on any atom is 0.270 e. The summed E-state index contributed by atoms with van der Waals surface area (Å²) in [6, 6.07) is 4.80. The summed E-state index contributed by atoms with van der Waals surface area (Å²) < 4.78 is 5.18. The standard InChI is InChI=1S/C17H18N6O3/c1-10-14-15(19-9-20-17(14)26-22-10)23-7-5-11(13(24)8-23)21-16(25)12-4-2-3-6-18-12/h2-4,6,9,11,13,24H,5,7-8H2,1H3,(H,21,25)/t11-,13-/m1/s1. The number of piperidine rings is 1. The zero-order chi connectivity index (χ0) is 18.1. The monoisotopic (exact) mass is 354 g/mol. The average molecular weight is 354 g/mol. The second-order valence-electron chi connectivity index (χ2n) is 6.24. The van der Waals surface area contributed by atoms with Crippen molar-refractivity contribution in [1.29, 1.82) is 0 Å². The highest BCUT2D eigenvalue weighted by molar-refractivity contribution is 5.92. The highest BCUT2D eigenvalue weighted by atomic mass is 16.5. The van der Waals surface area contributed by atoms with E-state index >= 15 is 0 Å². The molecule has 1 aliphatic rings. The van der Waals surface area contributed by atoms with Gasteiger partial charge in [0.05, 0.1) is 17.8 Å². The lowest BCUT2D eigenvalue weighted by atomic mass is 10.0. The molecule has 0 saturated carbocycles. The van der Waals surface area contributed by atoms with E-state index < -0.39 is 6.10 Å². The van der Waals surface area contributed by atoms with Gasteiger partial charge in [0, 0.05) is 19.3 Å². The van der Waals surface area contributed by atoms with Gasteiger partial charge in [-0.3, -0.25) is 9.78 Å². The average Bonchev–Trinajstić information content (AvgIpc) is 3.05. The molecule has 3 aromatic heterocycles.